The van der Waals surface area contributed by atoms with Crippen LogP contribution >= 0.6 is 0 Å². The van der Waals surface area contributed by atoms with Gasteiger partial charge in [0, 0.05) is 31.4 Å². The number of hydrogen-bond donors (Lipinski definition) is 4. The third-order valence-corrected chi connectivity index (χ3v) is 9.64. The summed E-state index contributed by atoms with van der Waals surface area (Å²) in [5.41, 5.74) is -0.806. The lowest BCUT2D eigenvalue weighted by molar-refractivity contribution is -0.146. The summed E-state index contributed by atoms with van der Waals surface area (Å²) in [6.07, 6.45) is 3.49. The summed E-state index contributed by atoms with van der Waals surface area (Å²) in [5, 5.41) is 10.8. The second kappa shape index (κ2) is 17.8. The molecule has 0 radical (unpaired) electrons. The van der Waals surface area contributed by atoms with Crippen molar-refractivity contribution in [2.24, 2.45) is 23.2 Å². The number of rotatable bonds is 16. The third-order valence-electron chi connectivity index (χ3n) is 9.64. The first kappa shape index (κ1) is 40.4. The minimum Gasteiger partial charge on any atom is -0.347 e. The van der Waals surface area contributed by atoms with Gasteiger partial charge >= 0.3 is 0 Å². The first-order valence-corrected chi connectivity index (χ1v) is 17.6. The van der Waals surface area contributed by atoms with E-state index in [1.165, 1.54) is 23.5 Å². The lowest BCUT2D eigenvalue weighted by Crippen LogP contribution is -2.62. The van der Waals surface area contributed by atoms with Gasteiger partial charge in [-0.25, -0.2) is 13.8 Å². The SMILES string of the molecule is CC[C@H](C)NC(=O)C(=O)C(CCCC(F)F)NC(=O)[C@@H]1[C@H]2CCC[C@H]2CN1C(=O)C(NC(=O)[C@H](NC(=O)c1cnccn1)C(C)C)C(C)(C)C. The normalized spacial score (nSPS) is 21.2. The number of carbonyl (C=O) groups is 6. The average Bonchev–Trinajstić information content (AvgIpc) is 3.66. The Kier molecular flexibility index (Phi) is 14.3. The smallest absolute Gasteiger partial charge is 0.289 e. The molecular formula is C35H53F2N7O6. The molecule has 15 heteroatoms. The summed E-state index contributed by atoms with van der Waals surface area (Å²) >= 11 is 0. The number of alkyl halides is 2. The fourth-order valence-corrected chi connectivity index (χ4v) is 6.64. The molecule has 0 bridgehead atoms. The second-order valence-electron chi connectivity index (χ2n) is 14.9. The predicted octanol–water partition coefficient (Wildman–Crippen LogP) is 2.79. The minimum absolute atomic E-state index is 0.00221. The zero-order valence-electron chi connectivity index (χ0n) is 30.1. The van der Waals surface area contributed by atoms with Crippen molar-refractivity contribution in [1.29, 1.82) is 0 Å². The highest BCUT2D eigenvalue weighted by Crippen LogP contribution is 2.43. The van der Waals surface area contributed by atoms with Gasteiger partial charge < -0.3 is 26.2 Å². The molecule has 50 heavy (non-hydrogen) atoms. The van der Waals surface area contributed by atoms with Crippen LogP contribution in [0.1, 0.15) is 104 Å². The number of Topliss-reactive ketones (excluding diaryl/α,β-unsaturated/α-hetero) is 1. The monoisotopic (exact) mass is 705 g/mol. The standard InChI is InChI=1S/C35H53F2N7O6/c1-8-20(4)40-33(49)28(45)23(13-10-14-25(36)37)41-32(48)27-22-12-9-11-21(22)18-44(27)34(50)29(35(5,6)7)43-31(47)26(19(2)3)42-30(46)24-17-38-15-16-39-24/h15-17,19-23,25-27,29H,8-14,18H2,1-7H3,(H,40,49)(H,41,48)(H,42,46)(H,43,47)/t20-,21-,22-,23?,26+,27-,29?/m0/s1. The van der Waals surface area contributed by atoms with Crippen molar-refractivity contribution in [3.05, 3.63) is 24.3 Å². The Labute approximate surface area is 292 Å². The number of hydrogen-bond acceptors (Lipinski definition) is 8. The highest BCUT2D eigenvalue weighted by Gasteiger charge is 2.52. The number of carbonyl (C=O) groups excluding carboxylic acids is 6. The van der Waals surface area contributed by atoms with Crippen LogP contribution in [0.25, 0.3) is 0 Å². The molecule has 278 valence electrons. The number of halogens is 2. The molecule has 2 unspecified atom stereocenters. The second-order valence-corrected chi connectivity index (χ2v) is 14.9. The van der Waals surface area contributed by atoms with Gasteiger partial charge in [-0.2, -0.15) is 0 Å². The molecule has 2 fully saturated rings. The maximum absolute atomic E-state index is 14.5. The van der Waals surface area contributed by atoms with Gasteiger partial charge in [0.1, 0.15) is 23.8 Å². The molecule has 2 aliphatic rings. The molecule has 0 spiro atoms. The van der Waals surface area contributed by atoms with E-state index in [9.17, 15) is 37.5 Å². The van der Waals surface area contributed by atoms with Crippen LogP contribution in [0.5, 0.6) is 0 Å². The first-order valence-electron chi connectivity index (χ1n) is 17.6. The summed E-state index contributed by atoms with van der Waals surface area (Å²) in [7, 11) is 0. The van der Waals surface area contributed by atoms with Crippen molar-refractivity contribution in [1.82, 2.24) is 36.1 Å². The number of nitrogens with zero attached hydrogens (tertiary/aromatic N) is 3. The lowest BCUT2D eigenvalue weighted by Gasteiger charge is -2.37. The van der Waals surface area contributed by atoms with Crippen molar-refractivity contribution < 1.29 is 37.5 Å². The largest absolute Gasteiger partial charge is 0.347 e. The van der Waals surface area contributed by atoms with Crippen molar-refractivity contribution in [2.45, 2.75) is 130 Å². The van der Waals surface area contributed by atoms with E-state index in [0.29, 0.717) is 12.8 Å². The summed E-state index contributed by atoms with van der Waals surface area (Å²) in [4.78, 5) is 90.4. The fraction of sp³-hybridized carbons (Fsp3) is 0.714. The maximum atomic E-state index is 14.5. The maximum Gasteiger partial charge on any atom is 0.289 e. The average molecular weight is 706 g/mol. The Balaban J connectivity index is 1.86. The molecule has 1 aliphatic heterocycles. The van der Waals surface area contributed by atoms with Gasteiger partial charge in [-0.15, -0.1) is 0 Å². The quantitative estimate of drug-likeness (QED) is 0.190. The molecule has 4 N–H and O–H groups in total. The molecule has 1 aromatic heterocycles. The molecule has 1 saturated heterocycles. The molecule has 13 nitrogen and oxygen atoms in total. The van der Waals surface area contributed by atoms with Crippen molar-refractivity contribution in [3.63, 3.8) is 0 Å². The molecule has 1 saturated carbocycles. The highest BCUT2D eigenvalue weighted by atomic mass is 19.3. The van der Waals surface area contributed by atoms with Gasteiger partial charge in [0.15, 0.2) is 0 Å². The molecule has 1 aromatic rings. The Morgan fingerprint density at radius 3 is 2.24 bits per heavy atom. The molecule has 1 aliphatic carbocycles. The Hall–Kier alpha value is -4.04. The summed E-state index contributed by atoms with van der Waals surface area (Å²) in [5.74, 6) is -4.79. The number of nitrogens with one attached hydrogen (secondary N) is 4. The van der Waals surface area contributed by atoms with Gasteiger partial charge in [0.2, 0.25) is 29.9 Å². The molecule has 0 aromatic carbocycles. The van der Waals surface area contributed by atoms with Crippen molar-refractivity contribution >= 4 is 35.3 Å². The van der Waals surface area contributed by atoms with E-state index in [1.54, 1.807) is 41.5 Å². The van der Waals surface area contributed by atoms with Crippen LogP contribution in [0.15, 0.2) is 18.6 Å². The minimum atomic E-state index is -2.61. The topological polar surface area (TPSA) is 180 Å². The molecule has 2 heterocycles. The third kappa shape index (κ3) is 10.5. The number of aromatic nitrogens is 2. The lowest BCUT2D eigenvalue weighted by atomic mass is 9.85. The van der Waals surface area contributed by atoms with E-state index in [1.807, 2.05) is 6.92 Å². The first-order chi connectivity index (χ1) is 23.5. The van der Waals surface area contributed by atoms with Crippen LogP contribution in [0.2, 0.25) is 0 Å². The van der Waals surface area contributed by atoms with Crippen LogP contribution in [0.3, 0.4) is 0 Å². The van der Waals surface area contributed by atoms with Crippen LogP contribution in [-0.4, -0.2) is 93.4 Å². The van der Waals surface area contributed by atoms with Gasteiger partial charge in [0.25, 0.3) is 11.8 Å². The van der Waals surface area contributed by atoms with E-state index < -0.39 is 77.7 Å². The summed E-state index contributed by atoms with van der Waals surface area (Å²) in [6.45, 7) is 12.6. The van der Waals surface area contributed by atoms with Crippen LogP contribution in [-0.2, 0) is 24.0 Å². The van der Waals surface area contributed by atoms with E-state index in [2.05, 4.69) is 31.2 Å². The van der Waals surface area contributed by atoms with Crippen molar-refractivity contribution in [2.75, 3.05) is 6.54 Å². The molecular weight excluding hydrogens is 652 g/mol. The number of likely N-dealkylation sites (tertiary alicyclic amines) is 1. The van der Waals surface area contributed by atoms with E-state index >= 15 is 0 Å². The van der Waals surface area contributed by atoms with E-state index in [-0.39, 0.29) is 48.9 Å². The zero-order valence-corrected chi connectivity index (χ0v) is 30.1. The molecule has 7 atom stereocenters. The summed E-state index contributed by atoms with van der Waals surface area (Å²) < 4.78 is 26.0. The molecule has 3 rings (SSSR count). The number of fused-ring (bicyclic) bond motifs is 1. The highest BCUT2D eigenvalue weighted by molar-refractivity contribution is 6.38. The van der Waals surface area contributed by atoms with Gasteiger partial charge in [-0.1, -0.05) is 48.0 Å². The number of ketones is 1. The van der Waals surface area contributed by atoms with Crippen LogP contribution in [0, 0.1) is 23.2 Å². The fourth-order valence-electron chi connectivity index (χ4n) is 6.64. The van der Waals surface area contributed by atoms with Crippen LogP contribution in [0.4, 0.5) is 8.78 Å². The van der Waals surface area contributed by atoms with Crippen molar-refractivity contribution in [3.8, 4) is 0 Å². The van der Waals surface area contributed by atoms with Gasteiger partial charge in [-0.3, -0.25) is 33.8 Å². The Morgan fingerprint density at radius 2 is 1.66 bits per heavy atom. The van der Waals surface area contributed by atoms with E-state index in [0.717, 1.165) is 12.8 Å². The predicted molar refractivity (Wildman–Crippen MR) is 181 cm³/mol. The van der Waals surface area contributed by atoms with Gasteiger partial charge in [-0.05, 0) is 62.2 Å². The number of amides is 5. The Bertz CT molecular complexity index is 1370. The summed E-state index contributed by atoms with van der Waals surface area (Å²) in [6, 6.07) is -4.81. The van der Waals surface area contributed by atoms with E-state index in [4.69, 9.17) is 0 Å². The van der Waals surface area contributed by atoms with Crippen LogP contribution < -0.4 is 21.3 Å². The molecule has 5 amide bonds. The van der Waals surface area contributed by atoms with Gasteiger partial charge in [0.05, 0.1) is 12.2 Å². The Morgan fingerprint density at radius 1 is 0.960 bits per heavy atom. The zero-order chi connectivity index (χ0) is 37.3.